The van der Waals surface area contributed by atoms with E-state index in [1.807, 2.05) is 6.07 Å². The van der Waals surface area contributed by atoms with Gasteiger partial charge in [-0.25, -0.2) is 9.69 Å². The van der Waals surface area contributed by atoms with Crippen LogP contribution >= 0.6 is 0 Å². The minimum absolute atomic E-state index is 0.248. The Bertz CT molecular complexity index is 496. The summed E-state index contributed by atoms with van der Waals surface area (Å²) in [6, 6.07) is 7.56. The van der Waals surface area contributed by atoms with Gasteiger partial charge in [0, 0.05) is 7.05 Å². The molecule has 1 aromatic carbocycles. The Morgan fingerprint density at radius 3 is 2.24 bits per heavy atom. The van der Waals surface area contributed by atoms with Crippen molar-refractivity contribution in [3.63, 3.8) is 0 Å². The highest BCUT2D eigenvalue weighted by Crippen LogP contribution is 2.23. The molecular formula is C12H11N3O2. The summed E-state index contributed by atoms with van der Waals surface area (Å²) < 4.78 is 0. The maximum absolute atomic E-state index is 11.9. The van der Waals surface area contributed by atoms with Crippen LogP contribution in [0.15, 0.2) is 24.3 Å². The lowest BCUT2D eigenvalue weighted by molar-refractivity contribution is -0.119. The number of hydrogen-bond acceptors (Lipinski definition) is 3. The first-order valence-corrected chi connectivity index (χ1v) is 5.17. The van der Waals surface area contributed by atoms with Crippen molar-refractivity contribution in [1.29, 1.82) is 5.26 Å². The van der Waals surface area contributed by atoms with Gasteiger partial charge in [0.1, 0.15) is 6.04 Å². The molecule has 0 aliphatic carbocycles. The molecule has 5 nitrogen and oxygen atoms in total. The number of anilines is 1. The number of hydrogen-bond donors (Lipinski definition) is 0. The van der Waals surface area contributed by atoms with Crippen LogP contribution in [-0.2, 0) is 4.79 Å². The third-order valence-corrected chi connectivity index (χ3v) is 2.91. The smallest absolute Gasteiger partial charge is 0.315 e. The average Bonchev–Trinajstić information content (AvgIpc) is 2.54. The minimum atomic E-state index is -0.446. The molecule has 5 heteroatoms. The van der Waals surface area contributed by atoms with E-state index in [1.54, 1.807) is 38.2 Å². The molecule has 3 amide bonds. The lowest BCUT2D eigenvalue weighted by atomic mass is 10.2. The number of carbonyl (C=O) groups is 2. The van der Waals surface area contributed by atoms with E-state index < -0.39 is 6.04 Å². The summed E-state index contributed by atoms with van der Waals surface area (Å²) in [6.07, 6.45) is 0. The van der Waals surface area contributed by atoms with Gasteiger partial charge in [-0.2, -0.15) is 5.26 Å². The van der Waals surface area contributed by atoms with E-state index in [2.05, 4.69) is 0 Å². The second kappa shape index (κ2) is 3.91. The monoisotopic (exact) mass is 229 g/mol. The summed E-state index contributed by atoms with van der Waals surface area (Å²) in [7, 11) is 1.59. The van der Waals surface area contributed by atoms with Crippen LogP contribution in [0.4, 0.5) is 10.5 Å². The molecule has 1 heterocycles. The zero-order valence-electron chi connectivity index (χ0n) is 9.54. The quantitative estimate of drug-likeness (QED) is 0.683. The van der Waals surface area contributed by atoms with Crippen LogP contribution in [0.3, 0.4) is 0 Å². The van der Waals surface area contributed by atoms with Gasteiger partial charge in [0.25, 0.3) is 5.91 Å². The van der Waals surface area contributed by atoms with Crippen LogP contribution in [0.5, 0.6) is 0 Å². The number of benzene rings is 1. The van der Waals surface area contributed by atoms with Crippen LogP contribution in [0.25, 0.3) is 0 Å². The van der Waals surface area contributed by atoms with Crippen molar-refractivity contribution in [3.05, 3.63) is 29.8 Å². The fourth-order valence-electron chi connectivity index (χ4n) is 1.69. The minimum Gasteiger partial charge on any atom is -0.315 e. The van der Waals surface area contributed by atoms with Gasteiger partial charge in [-0.3, -0.25) is 4.79 Å². The Kier molecular flexibility index (Phi) is 2.56. The SMILES string of the molecule is CC1C(=O)N(c2ccc(C#N)cc2)C(=O)N1C. The molecule has 0 saturated carbocycles. The summed E-state index contributed by atoms with van der Waals surface area (Å²) in [4.78, 5) is 26.2. The molecule has 2 rings (SSSR count). The average molecular weight is 229 g/mol. The van der Waals surface area contributed by atoms with Gasteiger partial charge in [-0.1, -0.05) is 0 Å². The van der Waals surface area contributed by atoms with Gasteiger partial charge in [0.05, 0.1) is 17.3 Å². The van der Waals surface area contributed by atoms with Gasteiger partial charge in [-0.05, 0) is 31.2 Å². The number of carbonyl (C=O) groups excluding carboxylic acids is 2. The highest BCUT2D eigenvalue weighted by molar-refractivity contribution is 6.21. The molecule has 1 atom stereocenters. The van der Waals surface area contributed by atoms with Crippen molar-refractivity contribution in [2.45, 2.75) is 13.0 Å². The molecule has 1 aliphatic rings. The predicted molar refractivity (Wildman–Crippen MR) is 61.3 cm³/mol. The number of urea groups is 1. The highest BCUT2D eigenvalue weighted by Gasteiger charge is 2.40. The Labute approximate surface area is 98.9 Å². The highest BCUT2D eigenvalue weighted by atomic mass is 16.2. The Morgan fingerprint density at radius 1 is 1.24 bits per heavy atom. The van der Waals surface area contributed by atoms with Crippen LogP contribution < -0.4 is 4.90 Å². The second-order valence-corrected chi connectivity index (χ2v) is 3.90. The standard InChI is InChI=1S/C12H11N3O2/c1-8-11(16)15(12(17)14(8)2)10-5-3-9(7-13)4-6-10/h3-6,8H,1-2H3. The molecule has 0 bridgehead atoms. The summed E-state index contributed by atoms with van der Waals surface area (Å²) in [5, 5.41) is 8.68. The van der Waals surface area contributed by atoms with Gasteiger partial charge in [0.2, 0.25) is 0 Å². The maximum Gasteiger partial charge on any atom is 0.331 e. The first-order chi connectivity index (χ1) is 8.06. The molecular weight excluding hydrogens is 218 g/mol. The zero-order chi connectivity index (χ0) is 12.6. The van der Waals surface area contributed by atoms with E-state index in [1.165, 1.54) is 4.90 Å². The zero-order valence-corrected chi connectivity index (χ0v) is 9.54. The van der Waals surface area contributed by atoms with Crippen molar-refractivity contribution in [3.8, 4) is 6.07 Å². The topological polar surface area (TPSA) is 64.4 Å². The van der Waals surface area contributed by atoms with Crippen LogP contribution in [0, 0.1) is 11.3 Å². The largest absolute Gasteiger partial charge is 0.331 e. The van der Waals surface area contributed by atoms with Crippen LogP contribution in [0.2, 0.25) is 0 Å². The molecule has 0 radical (unpaired) electrons. The third-order valence-electron chi connectivity index (χ3n) is 2.91. The number of nitriles is 1. The normalized spacial score (nSPS) is 19.7. The maximum atomic E-state index is 11.9. The van der Waals surface area contributed by atoms with E-state index in [0.717, 1.165) is 4.90 Å². The van der Waals surface area contributed by atoms with E-state index in [4.69, 9.17) is 5.26 Å². The lowest BCUT2D eigenvalue weighted by Gasteiger charge is -2.13. The molecule has 0 N–H and O–H groups in total. The van der Waals surface area contributed by atoms with Crippen molar-refractivity contribution >= 4 is 17.6 Å². The van der Waals surface area contributed by atoms with Gasteiger partial charge < -0.3 is 4.90 Å². The Morgan fingerprint density at radius 2 is 1.82 bits per heavy atom. The summed E-state index contributed by atoms with van der Waals surface area (Å²) >= 11 is 0. The van der Waals surface area contributed by atoms with Crippen LogP contribution in [-0.4, -0.2) is 29.9 Å². The number of likely N-dealkylation sites (N-methyl/N-ethyl adjacent to an activating group) is 1. The third kappa shape index (κ3) is 1.64. The molecule has 0 aromatic heterocycles. The van der Waals surface area contributed by atoms with E-state index in [9.17, 15) is 9.59 Å². The van der Waals surface area contributed by atoms with E-state index in [0.29, 0.717) is 11.3 Å². The molecule has 1 aliphatic heterocycles. The molecule has 1 saturated heterocycles. The number of nitrogens with zero attached hydrogens (tertiary/aromatic N) is 3. The molecule has 86 valence electrons. The first-order valence-electron chi connectivity index (χ1n) is 5.17. The predicted octanol–water partition coefficient (Wildman–Crippen LogP) is 1.35. The fraction of sp³-hybridized carbons (Fsp3) is 0.250. The van der Waals surface area contributed by atoms with Crippen molar-refractivity contribution in [2.24, 2.45) is 0 Å². The summed E-state index contributed by atoms with van der Waals surface area (Å²) in [6.45, 7) is 1.68. The number of rotatable bonds is 1. The fourth-order valence-corrected chi connectivity index (χ4v) is 1.69. The number of imide groups is 1. The lowest BCUT2D eigenvalue weighted by Crippen LogP contribution is -2.31. The van der Waals surface area contributed by atoms with Crippen molar-refractivity contribution in [2.75, 3.05) is 11.9 Å². The van der Waals surface area contributed by atoms with Crippen LogP contribution in [0.1, 0.15) is 12.5 Å². The van der Waals surface area contributed by atoms with Gasteiger partial charge >= 0.3 is 6.03 Å². The Balaban J connectivity index is 2.37. The van der Waals surface area contributed by atoms with Gasteiger partial charge in [0.15, 0.2) is 0 Å². The molecule has 17 heavy (non-hydrogen) atoms. The van der Waals surface area contributed by atoms with E-state index in [-0.39, 0.29) is 11.9 Å². The molecule has 1 unspecified atom stereocenters. The summed E-state index contributed by atoms with van der Waals surface area (Å²) in [5.74, 6) is -0.248. The van der Waals surface area contributed by atoms with Gasteiger partial charge in [-0.15, -0.1) is 0 Å². The molecule has 0 spiro atoms. The number of amides is 3. The van der Waals surface area contributed by atoms with Crippen molar-refractivity contribution < 1.29 is 9.59 Å². The molecule has 1 aromatic rings. The Hall–Kier alpha value is -2.35. The molecule has 1 fully saturated rings. The van der Waals surface area contributed by atoms with Crippen molar-refractivity contribution in [1.82, 2.24) is 4.90 Å². The second-order valence-electron chi connectivity index (χ2n) is 3.90. The first kappa shape index (κ1) is 11.1. The summed E-state index contributed by atoms with van der Waals surface area (Å²) in [5.41, 5.74) is 0.990. The van der Waals surface area contributed by atoms with E-state index >= 15 is 0 Å².